The lowest BCUT2D eigenvalue weighted by Crippen LogP contribution is -1.94. The summed E-state index contributed by atoms with van der Waals surface area (Å²) in [6.45, 7) is 1.93. The van der Waals surface area contributed by atoms with E-state index in [0.717, 1.165) is 27.6 Å². The Hall–Kier alpha value is -3.02. The van der Waals surface area contributed by atoms with E-state index < -0.39 is 11.6 Å². The molecule has 8 heteroatoms. The van der Waals surface area contributed by atoms with E-state index in [1.807, 2.05) is 31.2 Å². The van der Waals surface area contributed by atoms with Crippen LogP contribution in [0, 0.1) is 17.7 Å². The summed E-state index contributed by atoms with van der Waals surface area (Å²) in [5, 5.41) is 29.7. The molecule has 4 aromatic rings. The smallest absolute Gasteiger partial charge is 0.191 e. The molecule has 140 valence electrons. The van der Waals surface area contributed by atoms with Crippen molar-refractivity contribution in [2.75, 3.05) is 0 Å². The van der Waals surface area contributed by atoms with Crippen molar-refractivity contribution < 1.29 is 14.6 Å². The third-order valence-corrected chi connectivity index (χ3v) is 5.85. The van der Waals surface area contributed by atoms with Gasteiger partial charge >= 0.3 is 0 Å². The number of aromatic nitrogens is 3. The van der Waals surface area contributed by atoms with Gasteiger partial charge in [0.25, 0.3) is 0 Å². The van der Waals surface area contributed by atoms with Crippen molar-refractivity contribution in [1.82, 2.24) is 15.2 Å². The predicted molar refractivity (Wildman–Crippen MR) is 108 cm³/mol. The maximum Gasteiger partial charge on any atom is 0.191 e. The Balaban J connectivity index is 1.71. The lowest BCUT2D eigenvalue weighted by molar-refractivity contribution is 0.420. The predicted octanol–water partition coefficient (Wildman–Crippen LogP) is 4.72. The van der Waals surface area contributed by atoms with Crippen LogP contribution < -0.4 is 0 Å². The van der Waals surface area contributed by atoms with Crippen molar-refractivity contribution in [1.29, 1.82) is 0 Å². The zero-order valence-electron chi connectivity index (χ0n) is 14.7. The van der Waals surface area contributed by atoms with Gasteiger partial charge in [-0.1, -0.05) is 36.8 Å². The summed E-state index contributed by atoms with van der Waals surface area (Å²) in [6.07, 6.45) is 1.19. The maximum atomic E-state index is 13.9. The van der Waals surface area contributed by atoms with Gasteiger partial charge in [-0.05, 0) is 30.4 Å². The molecule has 0 atom stereocenters. The van der Waals surface area contributed by atoms with E-state index in [1.165, 1.54) is 11.3 Å². The molecule has 0 bridgehead atoms. The molecule has 0 saturated heterocycles. The second-order valence-electron chi connectivity index (χ2n) is 5.98. The molecule has 2 aromatic carbocycles. The SMILES string of the molecule is CCCc1c(O)cc(F)c(O)c1-c1nnc(C#Cc2nc3ccccc3s2)s1. The highest BCUT2D eigenvalue weighted by atomic mass is 32.1. The molecule has 0 aliphatic heterocycles. The number of hydrogen-bond donors (Lipinski definition) is 2. The largest absolute Gasteiger partial charge is 0.508 e. The topological polar surface area (TPSA) is 79.1 Å². The fourth-order valence-corrected chi connectivity index (χ4v) is 4.40. The number of thiazole rings is 1. The molecule has 0 amide bonds. The number of hydrogen-bond acceptors (Lipinski definition) is 7. The Kier molecular flexibility index (Phi) is 4.94. The molecule has 2 heterocycles. The van der Waals surface area contributed by atoms with Crippen LogP contribution in [0.1, 0.15) is 28.9 Å². The number of fused-ring (bicyclic) bond motifs is 1. The van der Waals surface area contributed by atoms with Gasteiger partial charge in [-0.3, -0.25) is 0 Å². The number of rotatable bonds is 3. The van der Waals surface area contributed by atoms with Gasteiger partial charge in [-0.15, -0.1) is 21.5 Å². The van der Waals surface area contributed by atoms with Crippen LogP contribution in [0.5, 0.6) is 11.5 Å². The first-order valence-electron chi connectivity index (χ1n) is 8.51. The molecule has 5 nitrogen and oxygen atoms in total. The molecule has 0 unspecified atom stereocenters. The van der Waals surface area contributed by atoms with E-state index >= 15 is 0 Å². The van der Waals surface area contributed by atoms with Crippen molar-refractivity contribution in [2.24, 2.45) is 0 Å². The highest BCUT2D eigenvalue weighted by Gasteiger charge is 2.21. The van der Waals surface area contributed by atoms with Crippen LogP contribution in [0.2, 0.25) is 0 Å². The quantitative estimate of drug-likeness (QED) is 0.377. The first kappa shape index (κ1) is 18.3. The Bertz CT molecular complexity index is 1200. The van der Waals surface area contributed by atoms with E-state index in [0.29, 0.717) is 33.4 Å². The summed E-state index contributed by atoms with van der Waals surface area (Å²) in [4.78, 5) is 4.45. The molecular weight excluding hydrogens is 397 g/mol. The van der Waals surface area contributed by atoms with Crippen LogP contribution in [0.4, 0.5) is 4.39 Å². The van der Waals surface area contributed by atoms with Crippen LogP contribution >= 0.6 is 22.7 Å². The normalized spacial score (nSPS) is 10.8. The van der Waals surface area contributed by atoms with Crippen molar-refractivity contribution in [2.45, 2.75) is 19.8 Å². The number of para-hydroxylation sites is 1. The minimum Gasteiger partial charge on any atom is -0.508 e. The van der Waals surface area contributed by atoms with Gasteiger partial charge in [0.1, 0.15) is 5.75 Å². The maximum absolute atomic E-state index is 13.9. The third kappa shape index (κ3) is 3.42. The second-order valence-corrected chi connectivity index (χ2v) is 7.99. The summed E-state index contributed by atoms with van der Waals surface area (Å²) >= 11 is 2.61. The minimum absolute atomic E-state index is 0.171. The van der Waals surface area contributed by atoms with Gasteiger partial charge in [0, 0.05) is 11.6 Å². The Labute approximate surface area is 168 Å². The van der Waals surface area contributed by atoms with Crippen LogP contribution in [-0.4, -0.2) is 25.4 Å². The average molecular weight is 411 g/mol. The molecule has 2 aromatic heterocycles. The van der Waals surface area contributed by atoms with Crippen LogP contribution in [0.25, 0.3) is 20.8 Å². The Morgan fingerprint density at radius 3 is 2.64 bits per heavy atom. The highest BCUT2D eigenvalue weighted by molar-refractivity contribution is 7.19. The Morgan fingerprint density at radius 1 is 1.07 bits per heavy atom. The highest BCUT2D eigenvalue weighted by Crippen LogP contribution is 2.41. The zero-order chi connectivity index (χ0) is 19.7. The summed E-state index contributed by atoms with van der Waals surface area (Å²) in [5.41, 5.74) is 1.51. The number of phenols is 2. The molecule has 0 aliphatic rings. The monoisotopic (exact) mass is 411 g/mol. The Morgan fingerprint density at radius 2 is 1.86 bits per heavy atom. The minimum atomic E-state index is -0.898. The van der Waals surface area contributed by atoms with E-state index in [-0.39, 0.29) is 11.3 Å². The number of halogens is 1. The van der Waals surface area contributed by atoms with Gasteiger partial charge in [0.2, 0.25) is 0 Å². The van der Waals surface area contributed by atoms with Crippen molar-refractivity contribution in [3.63, 3.8) is 0 Å². The molecule has 0 saturated carbocycles. The van der Waals surface area contributed by atoms with E-state index in [9.17, 15) is 14.6 Å². The molecule has 28 heavy (non-hydrogen) atoms. The number of phenolic OH excluding ortho intramolecular Hbond substituents is 2. The molecule has 0 fully saturated rings. The summed E-state index contributed by atoms with van der Waals surface area (Å²) in [6, 6.07) is 8.69. The van der Waals surface area contributed by atoms with Gasteiger partial charge in [0.05, 0.1) is 15.8 Å². The zero-order valence-corrected chi connectivity index (χ0v) is 16.4. The van der Waals surface area contributed by atoms with Gasteiger partial charge < -0.3 is 10.2 Å². The van der Waals surface area contributed by atoms with Gasteiger partial charge in [-0.25, -0.2) is 9.37 Å². The standard InChI is InChI=1S/C20H14FN3O2S2/c1-2-5-11-14(25)10-12(21)19(26)18(11)20-24-23-17(28-20)9-8-16-22-13-6-3-4-7-15(13)27-16/h3-4,6-7,10,25-26H,2,5H2,1H3. The molecular formula is C20H14FN3O2S2. The fourth-order valence-electron chi connectivity index (χ4n) is 2.81. The summed E-state index contributed by atoms with van der Waals surface area (Å²) in [7, 11) is 0. The van der Waals surface area contributed by atoms with E-state index in [4.69, 9.17) is 0 Å². The van der Waals surface area contributed by atoms with Crippen LogP contribution in [-0.2, 0) is 6.42 Å². The first-order chi connectivity index (χ1) is 13.6. The summed E-state index contributed by atoms with van der Waals surface area (Å²) in [5.74, 6) is 4.25. The fraction of sp³-hybridized carbons (Fsp3) is 0.150. The van der Waals surface area contributed by atoms with Gasteiger partial charge in [0.15, 0.2) is 26.6 Å². The van der Waals surface area contributed by atoms with Crippen molar-refractivity contribution >= 4 is 32.9 Å². The average Bonchev–Trinajstić information content (AvgIpc) is 3.31. The molecule has 2 N–H and O–H groups in total. The van der Waals surface area contributed by atoms with Crippen LogP contribution in [0.3, 0.4) is 0 Å². The van der Waals surface area contributed by atoms with Crippen molar-refractivity contribution in [3.8, 4) is 33.9 Å². The molecule has 0 radical (unpaired) electrons. The number of benzene rings is 2. The molecule has 4 rings (SSSR count). The molecule has 0 aliphatic carbocycles. The number of nitrogens with zero attached hydrogens (tertiary/aromatic N) is 3. The third-order valence-electron chi connectivity index (χ3n) is 4.05. The lowest BCUT2D eigenvalue weighted by atomic mass is 10.0. The van der Waals surface area contributed by atoms with Crippen molar-refractivity contribution in [3.05, 3.63) is 51.7 Å². The number of aromatic hydroxyl groups is 2. The summed E-state index contributed by atoms with van der Waals surface area (Å²) < 4.78 is 15.0. The lowest BCUT2D eigenvalue weighted by Gasteiger charge is -2.11. The van der Waals surface area contributed by atoms with Crippen LogP contribution in [0.15, 0.2) is 30.3 Å². The van der Waals surface area contributed by atoms with Gasteiger partial charge in [-0.2, -0.15) is 0 Å². The van der Waals surface area contributed by atoms with E-state index in [1.54, 1.807) is 0 Å². The van der Waals surface area contributed by atoms with E-state index in [2.05, 4.69) is 27.0 Å². The first-order valence-corrected chi connectivity index (χ1v) is 10.1. The molecule has 0 spiro atoms. The second kappa shape index (κ2) is 7.54.